The number of hydrogen-bond acceptors (Lipinski definition) is 7. The molecule has 4 heterocycles. The first-order valence-corrected chi connectivity index (χ1v) is 11.2. The zero-order valence-corrected chi connectivity index (χ0v) is 16.9. The zero-order chi connectivity index (χ0) is 19.8. The van der Waals surface area contributed by atoms with Crippen molar-refractivity contribution in [3.8, 4) is 0 Å². The van der Waals surface area contributed by atoms with E-state index in [0.29, 0.717) is 16.7 Å². The second-order valence-corrected chi connectivity index (χ2v) is 8.60. The molecule has 2 aliphatic rings. The van der Waals surface area contributed by atoms with Crippen LogP contribution in [-0.4, -0.2) is 43.8 Å². The Morgan fingerprint density at radius 2 is 2.14 bits per heavy atom. The number of aliphatic hydroxyl groups is 1. The molecule has 1 unspecified atom stereocenters. The molecule has 8 heteroatoms. The lowest BCUT2D eigenvalue weighted by atomic mass is 10.1. The summed E-state index contributed by atoms with van der Waals surface area (Å²) in [6.07, 6.45) is 2.86. The Kier molecular flexibility index (Phi) is 4.97. The van der Waals surface area contributed by atoms with Crippen molar-refractivity contribution in [1.29, 1.82) is 0 Å². The maximum atomic E-state index is 13.1. The summed E-state index contributed by atoms with van der Waals surface area (Å²) in [5.41, 5.74) is 2.96. The molecule has 1 N–H and O–H groups in total. The summed E-state index contributed by atoms with van der Waals surface area (Å²) in [6, 6.07) is 9.51. The molecule has 0 amide bonds. The van der Waals surface area contributed by atoms with Crippen LogP contribution in [0, 0.1) is 0 Å². The van der Waals surface area contributed by atoms with Crippen LogP contribution in [0.15, 0.2) is 35.1 Å². The first-order chi connectivity index (χ1) is 14.3. The van der Waals surface area contributed by atoms with Gasteiger partial charge in [-0.2, -0.15) is 16.9 Å². The molecule has 0 radical (unpaired) electrons. The van der Waals surface area contributed by atoms with Crippen LogP contribution in [-0.2, 0) is 18.7 Å². The van der Waals surface area contributed by atoms with Crippen LogP contribution < -0.4 is 10.5 Å². The molecule has 2 aliphatic heterocycles. The Labute approximate surface area is 172 Å². The molecule has 150 valence electrons. The Hall–Kier alpha value is -2.45. The maximum Gasteiger partial charge on any atom is 0.261 e. The van der Waals surface area contributed by atoms with Crippen LogP contribution in [0.2, 0.25) is 0 Å². The third-order valence-corrected chi connectivity index (χ3v) is 6.76. The minimum Gasteiger partial charge on any atom is -0.395 e. The lowest BCUT2D eigenvalue weighted by molar-refractivity contribution is 0.270. The number of benzene rings is 1. The minimum absolute atomic E-state index is 0.0533. The van der Waals surface area contributed by atoms with Crippen molar-refractivity contribution in [3.63, 3.8) is 0 Å². The van der Waals surface area contributed by atoms with Gasteiger partial charge in [0.25, 0.3) is 5.56 Å². The fourth-order valence-electron chi connectivity index (χ4n) is 4.34. The molecule has 0 saturated carbocycles. The van der Waals surface area contributed by atoms with Gasteiger partial charge in [-0.3, -0.25) is 9.36 Å². The third kappa shape index (κ3) is 3.30. The summed E-state index contributed by atoms with van der Waals surface area (Å²) in [4.78, 5) is 20.2. The number of thioether (sulfide) groups is 1. The van der Waals surface area contributed by atoms with Gasteiger partial charge in [0.05, 0.1) is 35.8 Å². The smallest absolute Gasteiger partial charge is 0.261 e. The van der Waals surface area contributed by atoms with Crippen LogP contribution in [0.3, 0.4) is 0 Å². The van der Waals surface area contributed by atoms with E-state index in [-0.39, 0.29) is 24.8 Å². The van der Waals surface area contributed by atoms with Gasteiger partial charge >= 0.3 is 0 Å². The number of rotatable bonds is 4. The number of aromatic nitrogens is 4. The quantitative estimate of drug-likeness (QED) is 0.708. The SMILES string of the molecule is O=c1c2ccccc2nc(C2CCCN2c2cc3c(nn2)CCSC3)n1CCO. The number of para-hydroxylation sites is 1. The topological polar surface area (TPSA) is 84.1 Å². The lowest BCUT2D eigenvalue weighted by Gasteiger charge is -2.28. The predicted octanol–water partition coefficient (Wildman–Crippen LogP) is 2.31. The Morgan fingerprint density at radius 1 is 1.24 bits per heavy atom. The van der Waals surface area contributed by atoms with E-state index in [9.17, 15) is 9.90 Å². The predicted molar refractivity (Wildman–Crippen MR) is 114 cm³/mol. The second kappa shape index (κ2) is 7.76. The molecule has 1 atom stereocenters. The number of hydrogen-bond donors (Lipinski definition) is 1. The van der Waals surface area contributed by atoms with Gasteiger partial charge in [0, 0.05) is 18.7 Å². The van der Waals surface area contributed by atoms with Gasteiger partial charge in [0.2, 0.25) is 0 Å². The van der Waals surface area contributed by atoms with Gasteiger partial charge in [0.1, 0.15) is 5.82 Å². The van der Waals surface area contributed by atoms with Crippen LogP contribution in [0.4, 0.5) is 5.82 Å². The third-order valence-electron chi connectivity index (χ3n) is 5.75. The zero-order valence-electron chi connectivity index (χ0n) is 16.1. The maximum absolute atomic E-state index is 13.1. The second-order valence-electron chi connectivity index (χ2n) is 7.50. The van der Waals surface area contributed by atoms with Gasteiger partial charge in [0.15, 0.2) is 5.82 Å². The molecular formula is C21H23N5O2S. The molecule has 1 fully saturated rings. The Balaban J connectivity index is 1.60. The minimum atomic E-state index is -0.102. The summed E-state index contributed by atoms with van der Waals surface area (Å²) in [5.74, 6) is 3.63. The van der Waals surface area contributed by atoms with Crippen molar-refractivity contribution < 1.29 is 5.11 Å². The fraction of sp³-hybridized carbons (Fsp3) is 0.429. The van der Waals surface area contributed by atoms with Crippen LogP contribution >= 0.6 is 11.8 Å². The van der Waals surface area contributed by atoms with E-state index >= 15 is 0 Å². The summed E-state index contributed by atoms with van der Waals surface area (Å²) in [7, 11) is 0. The molecule has 0 aliphatic carbocycles. The van der Waals surface area contributed by atoms with Crippen molar-refractivity contribution in [1.82, 2.24) is 19.7 Å². The Bertz CT molecular complexity index is 1120. The standard InChI is InChI=1S/C21H23N5O2S/c27-10-9-26-20(22-17-5-2-1-4-15(17)21(26)28)18-6-3-8-25(18)19-12-14-13-29-11-7-16(14)23-24-19/h1-2,4-5,12,18,27H,3,6-11,13H2. The van der Waals surface area contributed by atoms with Gasteiger partial charge in [-0.05, 0) is 42.4 Å². The van der Waals surface area contributed by atoms with E-state index in [1.165, 1.54) is 5.56 Å². The number of fused-ring (bicyclic) bond motifs is 2. The van der Waals surface area contributed by atoms with E-state index in [1.54, 1.807) is 10.6 Å². The average molecular weight is 410 g/mol. The van der Waals surface area contributed by atoms with E-state index < -0.39 is 0 Å². The lowest BCUT2D eigenvalue weighted by Crippen LogP contribution is -2.33. The van der Waals surface area contributed by atoms with Crippen molar-refractivity contribution in [2.24, 2.45) is 0 Å². The molecule has 1 saturated heterocycles. The number of nitrogens with zero attached hydrogens (tertiary/aromatic N) is 5. The van der Waals surface area contributed by atoms with Crippen molar-refractivity contribution >= 4 is 28.5 Å². The molecule has 7 nitrogen and oxygen atoms in total. The number of aryl methyl sites for hydroxylation is 1. The molecule has 3 aromatic rings. The van der Waals surface area contributed by atoms with Crippen LogP contribution in [0.25, 0.3) is 10.9 Å². The highest BCUT2D eigenvalue weighted by Gasteiger charge is 2.32. The normalized spacial score (nSPS) is 18.9. The molecule has 5 rings (SSSR count). The molecule has 0 bridgehead atoms. The van der Waals surface area contributed by atoms with Gasteiger partial charge in [-0.25, -0.2) is 4.98 Å². The first-order valence-electron chi connectivity index (χ1n) is 10.1. The highest BCUT2D eigenvalue weighted by molar-refractivity contribution is 7.98. The average Bonchev–Trinajstić information content (AvgIpc) is 3.25. The van der Waals surface area contributed by atoms with E-state index in [4.69, 9.17) is 4.98 Å². The van der Waals surface area contributed by atoms with Crippen molar-refractivity contribution in [2.45, 2.75) is 37.6 Å². The van der Waals surface area contributed by atoms with Crippen molar-refractivity contribution in [3.05, 3.63) is 57.8 Å². The molecular weight excluding hydrogens is 386 g/mol. The van der Waals surface area contributed by atoms with Gasteiger partial charge in [-0.1, -0.05) is 12.1 Å². The van der Waals surface area contributed by atoms with E-state index in [0.717, 1.165) is 48.8 Å². The largest absolute Gasteiger partial charge is 0.395 e. The number of aliphatic hydroxyl groups excluding tert-OH is 1. The van der Waals surface area contributed by atoms with E-state index in [2.05, 4.69) is 21.2 Å². The highest BCUT2D eigenvalue weighted by atomic mass is 32.2. The molecule has 1 aromatic carbocycles. The fourth-order valence-corrected chi connectivity index (χ4v) is 5.29. The summed E-state index contributed by atoms with van der Waals surface area (Å²) in [6.45, 7) is 0.992. The molecule has 2 aromatic heterocycles. The monoisotopic (exact) mass is 409 g/mol. The molecule has 29 heavy (non-hydrogen) atoms. The Morgan fingerprint density at radius 3 is 3.03 bits per heavy atom. The number of anilines is 1. The highest BCUT2D eigenvalue weighted by Crippen LogP contribution is 2.35. The summed E-state index contributed by atoms with van der Waals surface area (Å²) >= 11 is 1.93. The van der Waals surface area contributed by atoms with Gasteiger partial charge in [-0.15, -0.1) is 5.10 Å². The van der Waals surface area contributed by atoms with Crippen LogP contribution in [0.1, 0.15) is 36.0 Å². The van der Waals surface area contributed by atoms with Crippen LogP contribution in [0.5, 0.6) is 0 Å². The van der Waals surface area contributed by atoms with E-state index in [1.807, 2.05) is 30.0 Å². The van der Waals surface area contributed by atoms with Crippen molar-refractivity contribution in [2.75, 3.05) is 23.8 Å². The summed E-state index contributed by atoms with van der Waals surface area (Å²) in [5, 5.41) is 19.2. The molecule has 0 spiro atoms. The van der Waals surface area contributed by atoms with Gasteiger partial charge < -0.3 is 10.0 Å². The summed E-state index contributed by atoms with van der Waals surface area (Å²) < 4.78 is 1.63. The first kappa shape index (κ1) is 18.6.